The fourth-order valence-electron chi connectivity index (χ4n) is 6.66. The SMILES string of the molecule is CCCCc1nc2ccc([C@@H]3C[C@@]4(C)CCCCN4O3)cc2c(=O)n1Cc1ccc(-c2ccccc2-c2nn[nH]n2)cc1. The maximum absolute atomic E-state index is 14.1. The molecule has 3 aromatic carbocycles. The van der Waals surface area contributed by atoms with Crippen LogP contribution in [0.15, 0.2) is 71.5 Å². The summed E-state index contributed by atoms with van der Waals surface area (Å²) in [7, 11) is 0. The summed E-state index contributed by atoms with van der Waals surface area (Å²) in [5.41, 5.74) is 5.91. The van der Waals surface area contributed by atoms with Crippen molar-refractivity contribution in [2.45, 2.75) is 77.0 Å². The predicted octanol–water partition coefficient (Wildman–Crippen LogP) is 6.26. The molecule has 9 heteroatoms. The molecule has 9 nitrogen and oxygen atoms in total. The van der Waals surface area contributed by atoms with Gasteiger partial charge >= 0.3 is 0 Å². The van der Waals surface area contributed by atoms with Crippen LogP contribution in [-0.2, 0) is 17.8 Å². The van der Waals surface area contributed by atoms with Gasteiger partial charge in [0.05, 0.1) is 17.4 Å². The zero-order chi connectivity index (χ0) is 29.4. The molecular formula is C34H37N7O2. The summed E-state index contributed by atoms with van der Waals surface area (Å²) in [6.07, 6.45) is 7.23. The molecule has 0 bridgehead atoms. The number of aryl methyl sites for hydroxylation is 1. The van der Waals surface area contributed by atoms with E-state index in [1.807, 2.05) is 34.9 Å². The number of fused-ring (bicyclic) bond motifs is 2. The molecule has 0 saturated carbocycles. The second-order valence-corrected chi connectivity index (χ2v) is 12.1. The monoisotopic (exact) mass is 575 g/mol. The van der Waals surface area contributed by atoms with Gasteiger partial charge in [0.15, 0.2) is 0 Å². The van der Waals surface area contributed by atoms with Crippen LogP contribution in [0.25, 0.3) is 33.4 Å². The van der Waals surface area contributed by atoms with Gasteiger partial charge in [-0.3, -0.25) is 14.2 Å². The maximum Gasteiger partial charge on any atom is 0.261 e. The van der Waals surface area contributed by atoms with Gasteiger partial charge in [-0.05, 0) is 65.8 Å². The summed E-state index contributed by atoms with van der Waals surface area (Å²) in [5.74, 6) is 1.39. The number of hydroxylamine groups is 2. The van der Waals surface area contributed by atoms with Crippen molar-refractivity contribution in [2.75, 3.05) is 6.54 Å². The number of H-pyrrole nitrogens is 1. The Labute approximate surface area is 250 Å². The van der Waals surface area contributed by atoms with Gasteiger partial charge in [0, 0.05) is 30.5 Å². The minimum atomic E-state index is -0.0389. The van der Waals surface area contributed by atoms with Gasteiger partial charge in [0.25, 0.3) is 5.56 Å². The minimum Gasteiger partial charge on any atom is -0.292 e. The van der Waals surface area contributed by atoms with Crippen LogP contribution in [0, 0.1) is 0 Å². The van der Waals surface area contributed by atoms with Crippen LogP contribution in [0.2, 0.25) is 0 Å². The number of benzene rings is 3. The lowest BCUT2D eigenvalue weighted by molar-refractivity contribution is -0.196. The standard InChI is InChI=1S/C34H37N7O2/c1-3-4-11-31-35-29-17-16-25(30-21-34(2)18-7-8-19-41(34)43-30)20-28(29)33(42)40(31)22-23-12-14-24(15-13-23)26-9-5-6-10-27(26)32-36-38-39-37-32/h5-6,9-10,12-17,20,30H,3-4,7-8,11,18-19,21-22H2,1-2H3,(H,36,37,38,39)/t30-,34+/m0/s1. The molecule has 43 heavy (non-hydrogen) atoms. The van der Waals surface area contributed by atoms with Gasteiger partial charge in [-0.2, -0.15) is 10.3 Å². The third-order valence-electron chi connectivity index (χ3n) is 9.11. The average Bonchev–Trinajstić information content (AvgIpc) is 3.70. The van der Waals surface area contributed by atoms with Gasteiger partial charge < -0.3 is 0 Å². The fourth-order valence-corrected chi connectivity index (χ4v) is 6.66. The topological polar surface area (TPSA) is 102 Å². The molecule has 1 N–H and O–H groups in total. The first kappa shape index (κ1) is 27.6. The third-order valence-corrected chi connectivity index (χ3v) is 9.11. The normalized spacial score (nSPS) is 20.5. The Balaban J connectivity index is 1.21. The number of rotatable bonds is 8. The highest BCUT2D eigenvalue weighted by Gasteiger charge is 2.45. The number of piperidine rings is 1. The number of aromatic amines is 1. The molecule has 4 heterocycles. The van der Waals surface area contributed by atoms with Crippen LogP contribution in [-0.4, -0.2) is 47.3 Å². The molecule has 7 rings (SSSR count). The second-order valence-electron chi connectivity index (χ2n) is 12.1. The molecule has 2 fully saturated rings. The van der Waals surface area contributed by atoms with E-state index in [1.54, 1.807) is 0 Å². The zero-order valence-electron chi connectivity index (χ0n) is 24.8. The molecule has 2 atom stereocenters. The van der Waals surface area contributed by atoms with Crippen molar-refractivity contribution < 1.29 is 4.84 Å². The number of tetrazole rings is 1. The van der Waals surface area contributed by atoms with Gasteiger partial charge in [0.1, 0.15) is 11.9 Å². The number of aromatic nitrogens is 6. The van der Waals surface area contributed by atoms with E-state index in [1.165, 1.54) is 12.8 Å². The number of nitrogens with zero attached hydrogens (tertiary/aromatic N) is 6. The van der Waals surface area contributed by atoms with E-state index < -0.39 is 0 Å². The average molecular weight is 576 g/mol. The van der Waals surface area contributed by atoms with Crippen LogP contribution >= 0.6 is 0 Å². The Hall–Kier alpha value is -4.21. The predicted molar refractivity (Wildman–Crippen MR) is 166 cm³/mol. The smallest absolute Gasteiger partial charge is 0.261 e. The Morgan fingerprint density at radius 1 is 1.05 bits per heavy atom. The van der Waals surface area contributed by atoms with E-state index in [4.69, 9.17) is 9.82 Å². The second kappa shape index (κ2) is 11.5. The van der Waals surface area contributed by atoms with Crippen LogP contribution in [0.3, 0.4) is 0 Å². The van der Waals surface area contributed by atoms with E-state index in [0.717, 1.165) is 77.8 Å². The molecule has 5 aromatic rings. The Morgan fingerprint density at radius 2 is 1.88 bits per heavy atom. The van der Waals surface area contributed by atoms with Gasteiger partial charge in [-0.25, -0.2) is 4.98 Å². The van der Waals surface area contributed by atoms with Crippen LogP contribution in [0.4, 0.5) is 0 Å². The number of hydrogen-bond acceptors (Lipinski definition) is 7. The molecule has 0 spiro atoms. The number of unbranched alkanes of at least 4 members (excludes halogenated alkanes) is 1. The van der Waals surface area contributed by atoms with E-state index >= 15 is 0 Å². The van der Waals surface area contributed by atoms with Gasteiger partial charge in [0.2, 0.25) is 5.82 Å². The van der Waals surface area contributed by atoms with Gasteiger partial charge in [-0.1, -0.05) is 74.4 Å². The van der Waals surface area contributed by atoms with Crippen molar-refractivity contribution in [3.8, 4) is 22.5 Å². The zero-order valence-corrected chi connectivity index (χ0v) is 24.8. The quantitative estimate of drug-likeness (QED) is 0.233. The lowest BCUT2D eigenvalue weighted by Gasteiger charge is -2.36. The molecule has 2 aromatic heterocycles. The van der Waals surface area contributed by atoms with E-state index in [0.29, 0.717) is 17.8 Å². The van der Waals surface area contributed by atoms with Crippen molar-refractivity contribution in [3.05, 3.63) is 94.0 Å². The van der Waals surface area contributed by atoms with E-state index in [9.17, 15) is 4.79 Å². The van der Waals surface area contributed by atoms with Crippen molar-refractivity contribution in [3.63, 3.8) is 0 Å². The lowest BCUT2D eigenvalue weighted by Crippen LogP contribution is -2.43. The molecule has 220 valence electrons. The summed E-state index contributed by atoms with van der Waals surface area (Å²) in [4.78, 5) is 25.5. The largest absolute Gasteiger partial charge is 0.292 e. The molecule has 0 radical (unpaired) electrons. The first-order chi connectivity index (χ1) is 21.0. The Kier molecular flexibility index (Phi) is 7.36. The molecule has 2 saturated heterocycles. The van der Waals surface area contributed by atoms with Crippen molar-refractivity contribution in [2.24, 2.45) is 0 Å². The van der Waals surface area contributed by atoms with Crippen LogP contribution < -0.4 is 5.56 Å². The third kappa shape index (κ3) is 5.28. The highest BCUT2D eigenvalue weighted by atomic mass is 16.7. The van der Waals surface area contributed by atoms with Crippen molar-refractivity contribution >= 4 is 10.9 Å². The lowest BCUT2D eigenvalue weighted by atomic mass is 9.85. The summed E-state index contributed by atoms with van der Waals surface area (Å²) >= 11 is 0. The first-order valence-corrected chi connectivity index (χ1v) is 15.4. The maximum atomic E-state index is 14.1. The molecule has 2 aliphatic rings. The number of nitrogens with one attached hydrogen (secondary N) is 1. The van der Waals surface area contributed by atoms with Crippen molar-refractivity contribution in [1.82, 2.24) is 35.2 Å². The summed E-state index contributed by atoms with van der Waals surface area (Å²) < 4.78 is 1.87. The Morgan fingerprint density at radius 3 is 2.65 bits per heavy atom. The summed E-state index contributed by atoms with van der Waals surface area (Å²) in [6, 6.07) is 22.5. The molecule has 2 aliphatic heterocycles. The molecule has 0 aliphatic carbocycles. The first-order valence-electron chi connectivity index (χ1n) is 15.4. The summed E-state index contributed by atoms with van der Waals surface area (Å²) in [5, 5.41) is 17.4. The summed E-state index contributed by atoms with van der Waals surface area (Å²) in [6.45, 7) is 5.90. The Bertz CT molecular complexity index is 1800. The van der Waals surface area contributed by atoms with Crippen LogP contribution in [0.5, 0.6) is 0 Å². The molecule has 0 amide bonds. The van der Waals surface area contributed by atoms with Crippen molar-refractivity contribution in [1.29, 1.82) is 0 Å². The fraction of sp³-hybridized carbons (Fsp3) is 0.382. The van der Waals surface area contributed by atoms with Gasteiger partial charge in [-0.15, -0.1) is 10.2 Å². The molecule has 0 unspecified atom stereocenters. The van der Waals surface area contributed by atoms with Crippen LogP contribution in [0.1, 0.15) is 75.4 Å². The highest BCUT2D eigenvalue weighted by Crippen LogP contribution is 2.45. The molecular weight excluding hydrogens is 538 g/mol. The van der Waals surface area contributed by atoms with E-state index in [2.05, 4.69) is 75.9 Å². The van der Waals surface area contributed by atoms with E-state index in [-0.39, 0.29) is 17.2 Å². The number of hydrogen-bond donors (Lipinski definition) is 1. The highest BCUT2D eigenvalue weighted by molar-refractivity contribution is 5.80. The minimum absolute atomic E-state index is 0.00594.